The first-order valence-electron chi connectivity index (χ1n) is 9.26. The smallest absolute Gasteiger partial charge is 0.259 e. The molecule has 0 saturated heterocycles. The molecule has 144 valence electrons. The zero-order valence-corrected chi connectivity index (χ0v) is 16.5. The number of carbonyl (C=O) groups is 2. The second kappa shape index (κ2) is 9.21. The van der Waals surface area contributed by atoms with E-state index in [-0.39, 0.29) is 17.4 Å². The number of unbranched alkanes of at least 4 members (excludes halogenated alkanes) is 1. The van der Waals surface area contributed by atoms with Gasteiger partial charge in [-0.2, -0.15) is 0 Å². The molecule has 5 heteroatoms. The zero-order chi connectivity index (χ0) is 19.9. The fraction of sp³-hybridized carbons (Fsp3) is 0.364. The van der Waals surface area contributed by atoms with Crippen LogP contribution in [-0.2, 0) is 0 Å². The predicted octanol–water partition coefficient (Wildman–Crippen LogP) is 4.65. The molecule has 0 unspecified atom stereocenters. The molecule has 27 heavy (non-hydrogen) atoms. The van der Waals surface area contributed by atoms with Crippen LogP contribution in [0.4, 0.5) is 5.69 Å². The summed E-state index contributed by atoms with van der Waals surface area (Å²) in [6.07, 6.45) is 1.94. The monoisotopic (exact) mass is 368 g/mol. The van der Waals surface area contributed by atoms with Gasteiger partial charge in [-0.3, -0.25) is 9.59 Å². The minimum Gasteiger partial charge on any atom is -0.493 e. The molecule has 2 aromatic rings. The number of carbonyl (C=O) groups excluding carboxylic acids is 2. The van der Waals surface area contributed by atoms with Crippen LogP contribution >= 0.6 is 0 Å². The van der Waals surface area contributed by atoms with Gasteiger partial charge in [-0.15, -0.1) is 0 Å². The molecule has 0 aliphatic carbocycles. The topological polar surface area (TPSA) is 67.4 Å². The minimum atomic E-state index is -0.367. The van der Waals surface area contributed by atoms with E-state index in [2.05, 4.69) is 17.6 Å². The summed E-state index contributed by atoms with van der Waals surface area (Å²) in [7, 11) is 0. The molecule has 2 aromatic carbocycles. The molecule has 2 amide bonds. The standard InChI is InChI=1S/C22H28N2O3/c1-5-6-15-27-19-14-10-8-12-17(19)20(25)23-18-13-9-7-11-16(18)21(26)24-22(2,3)4/h7-14H,5-6,15H2,1-4H3,(H,23,25)(H,24,26). The Kier molecular flexibility index (Phi) is 6.99. The van der Waals surface area contributed by atoms with E-state index in [4.69, 9.17) is 4.74 Å². The summed E-state index contributed by atoms with van der Waals surface area (Å²) in [5, 5.41) is 5.76. The Labute approximate surface area is 161 Å². The number of ether oxygens (including phenoxy) is 1. The molecule has 0 fully saturated rings. The van der Waals surface area contributed by atoms with Gasteiger partial charge in [-0.05, 0) is 51.5 Å². The number of nitrogens with one attached hydrogen (secondary N) is 2. The van der Waals surface area contributed by atoms with Gasteiger partial charge in [0.2, 0.25) is 0 Å². The van der Waals surface area contributed by atoms with Crippen molar-refractivity contribution in [2.45, 2.75) is 46.1 Å². The Hall–Kier alpha value is -2.82. The summed E-state index contributed by atoms with van der Waals surface area (Å²) in [5.74, 6) is 0.00376. The summed E-state index contributed by atoms with van der Waals surface area (Å²) in [6, 6.07) is 14.1. The van der Waals surface area contributed by atoms with Crippen LogP contribution in [0.25, 0.3) is 0 Å². The summed E-state index contributed by atoms with van der Waals surface area (Å²) in [6.45, 7) is 8.38. The van der Waals surface area contributed by atoms with Crippen molar-refractivity contribution in [2.75, 3.05) is 11.9 Å². The third kappa shape index (κ3) is 6.13. The van der Waals surface area contributed by atoms with E-state index >= 15 is 0 Å². The van der Waals surface area contributed by atoms with E-state index in [9.17, 15) is 9.59 Å². The molecular weight excluding hydrogens is 340 g/mol. The molecule has 0 aliphatic rings. The van der Waals surface area contributed by atoms with E-state index in [1.54, 1.807) is 42.5 Å². The largest absolute Gasteiger partial charge is 0.493 e. The average molecular weight is 368 g/mol. The van der Waals surface area contributed by atoms with Crippen molar-refractivity contribution in [1.29, 1.82) is 0 Å². The summed E-state index contributed by atoms with van der Waals surface area (Å²) in [4.78, 5) is 25.4. The first-order chi connectivity index (χ1) is 12.8. The third-order valence-electron chi connectivity index (χ3n) is 3.80. The lowest BCUT2D eigenvalue weighted by Crippen LogP contribution is -2.40. The van der Waals surface area contributed by atoms with Crippen LogP contribution in [0.1, 0.15) is 61.3 Å². The van der Waals surface area contributed by atoms with Crippen LogP contribution in [-0.4, -0.2) is 24.0 Å². The highest BCUT2D eigenvalue weighted by Crippen LogP contribution is 2.22. The number of anilines is 1. The van der Waals surface area contributed by atoms with Gasteiger partial charge in [-0.1, -0.05) is 37.6 Å². The summed E-state index contributed by atoms with van der Waals surface area (Å²) in [5.41, 5.74) is 0.964. The van der Waals surface area contributed by atoms with Crippen LogP contribution in [0.15, 0.2) is 48.5 Å². The molecule has 5 nitrogen and oxygen atoms in total. The Morgan fingerprint density at radius 3 is 2.22 bits per heavy atom. The number of rotatable bonds is 7. The highest BCUT2D eigenvalue weighted by molar-refractivity contribution is 6.10. The molecule has 0 aromatic heterocycles. The van der Waals surface area contributed by atoms with Crippen molar-refractivity contribution >= 4 is 17.5 Å². The lowest BCUT2D eigenvalue weighted by atomic mass is 10.1. The molecule has 0 aliphatic heterocycles. The van der Waals surface area contributed by atoms with Gasteiger partial charge in [0.1, 0.15) is 5.75 Å². The average Bonchev–Trinajstić information content (AvgIpc) is 2.61. The SMILES string of the molecule is CCCCOc1ccccc1C(=O)Nc1ccccc1C(=O)NC(C)(C)C. The highest BCUT2D eigenvalue weighted by atomic mass is 16.5. The van der Waals surface area contributed by atoms with Crippen molar-refractivity contribution < 1.29 is 14.3 Å². The number of benzene rings is 2. The molecular formula is C22H28N2O3. The Morgan fingerprint density at radius 2 is 1.56 bits per heavy atom. The van der Waals surface area contributed by atoms with Crippen LogP contribution in [0.2, 0.25) is 0 Å². The zero-order valence-electron chi connectivity index (χ0n) is 16.5. The van der Waals surface area contributed by atoms with Gasteiger partial charge in [0.15, 0.2) is 0 Å². The fourth-order valence-electron chi connectivity index (χ4n) is 2.49. The van der Waals surface area contributed by atoms with Gasteiger partial charge in [0, 0.05) is 5.54 Å². The van der Waals surface area contributed by atoms with Crippen molar-refractivity contribution in [3.8, 4) is 5.75 Å². The van der Waals surface area contributed by atoms with Gasteiger partial charge in [0.05, 0.1) is 23.4 Å². The normalized spacial score (nSPS) is 11.0. The number of para-hydroxylation sites is 2. The Morgan fingerprint density at radius 1 is 0.926 bits per heavy atom. The maximum atomic E-state index is 12.8. The Balaban J connectivity index is 2.21. The molecule has 2 N–H and O–H groups in total. The lowest BCUT2D eigenvalue weighted by molar-refractivity contribution is 0.0920. The van der Waals surface area contributed by atoms with Gasteiger partial charge < -0.3 is 15.4 Å². The van der Waals surface area contributed by atoms with Gasteiger partial charge >= 0.3 is 0 Å². The maximum Gasteiger partial charge on any atom is 0.259 e. The number of hydrogen-bond acceptors (Lipinski definition) is 3. The third-order valence-corrected chi connectivity index (χ3v) is 3.80. The van der Waals surface area contributed by atoms with E-state index in [0.29, 0.717) is 29.2 Å². The summed E-state index contributed by atoms with van der Waals surface area (Å²) < 4.78 is 5.74. The first kappa shape index (κ1) is 20.5. The lowest BCUT2D eigenvalue weighted by Gasteiger charge is -2.21. The van der Waals surface area contributed by atoms with Gasteiger partial charge in [-0.25, -0.2) is 0 Å². The van der Waals surface area contributed by atoms with E-state index in [0.717, 1.165) is 12.8 Å². The molecule has 0 spiro atoms. The maximum absolute atomic E-state index is 12.8. The molecule has 0 saturated carbocycles. The number of hydrogen-bond donors (Lipinski definition) is 2. The quantitative estimate of drug-likeness (QED) is 0.699. The van der Waals surface area contributed by atoms with Crippen molar-refractivity contribution in [2.24, 2.45) is 0 Å². The van der Waals surface area contributed by atoms with E-state index in [1.165, 1.54) is 0 Å². The van der Waals surface area contributed by atoms with Crippen LogP contribution in [0.3, 0.4) is 0 Å². The van der Waals surface area contributed by atoms with Crippen LogP contribution in [0, 0.1) is 0 Å². The van der Waals surface area contributed by atoms with E-state index in [1.807, 2.05) is 26.8 Å². The minimum absolute atomic E-state index is 0.231. The molecule has 2 rings (SSSR count). The second-order valence-electron chi connectivity index (χ2n) is 7.40. The molecule has 0 atom stereocenters. The fourth-order valence-corrected chi connectivity index (χ4v) is 2.49. The van der Waals surface area contributed by atoms with E-state index < -0.39 is 0 Å². The summed E-state index contributed by atoms with van der Waals surface area (Å²) >= 11 is 0. The van der Waals surface area contributed by atoms with Crippen LogP contribution in [0.5, 0.6) is 5.75 Å². The second-order valence-corrected chi connectivity index (χ2v) is 7.40. The van der Waals surface area contributed by atoms with Gasteiger partial charge in [0.25, 0.3) is 11.8 Å². The van der Waals surface area contributed by atoms with Crippen molar-refractivity contribution in [3.63, 3.8) is 0 Å². The number of amides is 2. The highest BCUT2D eigenvalue weighted by Gasteiger charge is 2.20. The molecule has 0 radical (unpaired) electrons. The predicted molar refractivity (Wildman–Crippen MR) is 108 cm³/mol. The van der Waals surface area contributed by atoms with Crippen LogP contribution < -0.4 is 15.4 Å². The molecule has 0 heterocycles. The van der Waals surface area contributed by atoms with Crippen molar-refractivity contribution in [1.82, 2.24) is 5.32 Å². The molecule has 0 bridgehead atoms. The van der Waals surface area contributed by atoms with Crippen molar-refractivity contribution in [3.05, 3.63) is 59.7 Å². The first-order valence-corrected chi connectivity index (χ1v) is 9.26. The Bertz CT molecular complexity index is 794.